The highest BCUT2D eigenvalue weighted by atomic mass is 16.5. The van der Waals surface area contributed by atoms with Crippen LogP contribution in [0.1, 0.15) is 28.5 Å². The summed E-state index contributed by atoms with van der Waals surface area (Å²) in [6, 6.07) is 0.403. The van der Waals surface area contributed by atoms with Gasteiger partial charge >= 0.3 is 11.6 Å². The zero-order valence-electron chi connectivity index (χ0n) is 12.9. The van der Waals surface area contributed by atoms with Crippen LogP contribution >= 0.6 is 0 Å². The van der Waals surface area contributed by atoms with Crippen molar-refractivity contribution in [1.82, 2.24) is 10.3 Å². The lowest BCUT2D eigenvalue weighted by molar-refractivity contribution is -0.142. The molecular weight excluding hydrogens is 304 g/mol. The topological polar surface area (TPSA) is 119 Å². The molecule has 0 radical (unpaired) electrons. The summed E-state index contributed by atoms with van der Waals surface area (Å²) >= 11 is 0. The Hall–Kier alpha value is -2.74. The number of hydrogen-bond donors (Lipinski definition) is 2. The molecular formula is C15H16N2O6. The predicted molar refractivity (Wildman–Crippen MR) is 79.9 cm³/mol. The second-order valence-corrected chi connectivity index (χ2v) is 4.94. The van der Waals surface area contributed by atoms with Crippen LogP contribution in [-0.4, -0.2) is 35.1 Å². The van der Waals surface area contributed by atoms with Gasteiger partial charge in [-0.15, -0.1) is 0 Å². The largest absolute Gasteiger partial charge is 0.467 e. The van der Waals surface area contributed by atoms with E-state index >= 15 is 0 Å². The molecule has 122 valence electrons. The number of pyridine rings is 1. The highest BCUT2D eigenvalue weighted by molar-refractivity contribution is 5.99. The minimum atomic E-state index is -0.918. The van der Waals surface area contributed by atoms with E-state index in [0.717, 1.165) is 0 Å². The Morgan fingerprint density at radius 2 is 2.17 bits per heavy atom. The van der Waals surface area contributed by atoms with Crippen LogP contribution in [0.25, 0.3) is 11.0 Å². The highest BCUT2D eigenvalue weighted by Crippen LogP contribution is 2.20. The molecule has 0 fully saturated rings. The van der Waals surface area contributed by atoms with Crippen molar-refractivity contribution in [1.29, 1.82) is 0 Å². The van der Waals surface area contributed by atoms with E-state index in [0.29, 0.717) is 16.6 Å². The highest BCUT2D eigenvalue weighted by Gasteiger charge is 2.21. The van der Waals surface area contributed by atoms with Gasteiger partial charge in [0.15, 0.2) is 5.58 Å². The predicted octanol–water partition coefficient (Wildman–Crippen LogP) is 0.280. The van der Waals surface area contributed by atoms with Crippen molar-refractivity contribution in [3.63, 3.8) is 0 Å². The van der Waals surface area contributed by atoms with Crippen LogP contribution in [0.4, 0.5) is 0 Å². The van der Waals surface area contributed by atoms with Gasteiger partial charge < -0.3 is 19.6 Å². The van der Waals surface area contributed by atoms with Crippen LogP contribution in [0.15, 0.2) is 21.5 Å². The summed E-state index contributed by atoms with van der Waals surface area (Å²) in [4.78, 5) is 39.5. The summed E-state index contributed by atoms with van der Waals surface area (Å²) < 4.78 is 9.65. The number of carbonyl (C=O) groups excluding carboxylic acids is 2. The lowest BCUT2D eigenvalue weighted by Gasteiger charge is -2.11. The Morgan fingerprint density at radius 3 is 2.78 bits per heavy atom. The minimum absolute atomic E-state index is 0.208. The number of aliphatic hydroxyl groups excluding tert-OH is 1. The number of carbonyl (C=O) groups is 2. The zero-order chi connectivity index (χ0) is 17.1. The molecule has 0 aromatic carbocycles. The van der Waals surface area contributed by atoms with Crippen molar-refractivity contribution >= 4 is 22.8 Å². The molecule has 0 aliphatic heterocycles. The Morgan fingerprint density at radius 1 is 1.48 bits per heavy atom. The number of esters is 1. The summed E-state index contributed by atoms with van der Waals surface area (Å²) in [5, 5.41) is 12.1. The van der Waals surface area contributed by atoms with E-state index in [1.165, 1.54) is 26.3 Å². The van der Waals surface area contributed by atoms with Gasteiger partial charge in [0, 0.05) is 17.1 Å². The third kappa shape index (κ3) is 3.21. The lowest BCUT2D eigenvalue weighted by Crippen LogP contribution is -2.40. The van der Waals surface area contributed by atoms with Gasteiger partial charge in [0.25, 0.3) is 5.91 Å². The molecule has 2 aromatic heterocycles. The smallest absolute Gasteiger partial charge is 0.349 e. The van der Waals surface area contributed by atoms with Crippen molar-refractivity contribution in [2.45, 2.75) is 26.5 Å². The zero-order valence-corrected chi connectivity index (χ0v) is 12.9. The first kappa shape index (κ1) is 16.6. The van der Waals surface area contributed by atoms with Gasteiger partial charge in [0.2, 0.25) is 0 Å². The second-order valence-electron chi connectivity index (χ2n) is 4.94. The van der Waals surface area contributed by atoms with E-state index in [1.807, 2.05) is 0 Å². The molecule has 2 rings (SSSR count). The van der Waals surface area contributed by atoms with Crippen molar-refractivity contribution in [2.24, 2.45) is 0 Å². The fraction of sp³-hybridized carbons (Fsp3) is 0.333. The number of aryl methyl sites for hydroxylation is 1. The van der Waals surface area contributed by atoms with Crippen LogP contribution in [-0.2, 0) is 16.1 Å². The van der Waals surface area contributed by atoms with Gasteiger partial charge in [-0.05, 0) is 19.9 Å². The maximum Gasteiger partial charge on any atom is 0.349 e. The molecule has 23 heavy (non-hydrogen) atoms. The van der Waals surface area contributed by atoms with Crippen LogP contribution in [0, 0.1) is 6.92 Å². The Labute approximate surface area is 131 Å². The Kier molecular flexibility index (Phi) is 4.75. The van der Waals surface area contributed by atoms with Gasteiger partial charge in [-0.1, -0.05) is 0 Å². The molecule has 0 saturated carbocycles. The molecule has 0 saturated heterocycles. The van der Waals surface area contributed by atoms with E-state index in [4.69, 9.17) is 4.42 Å². The number of aliphatic hydroxyl groups is 1. The molecule has 0 spiro atoms. The molecule has 8 heteroatoms. The van der Waals surface area contributed by atoms with Crippen molar-refractivity contribution < 1.29 is 23.8 Å². The fourth-order valence-corrected chi connectivity index (χ4v) is 2.08. The Balaban J connectivity index is 2.49. The third-order valence-corrected chi connectivity index (χ3v) is 3.35. The summed E-state index contributed by atoms with van der Waals surface area (Å²) in [6.07, 6.45) is 1.44. The Bertz CT molecular complexity index is 827. The van der Waals surface area contributed by atoms with E-state index in [9.17, 15) is 19.5 Å². The standard InChI is InChI=1S/C15H16N2O6/c1-7-12-10(9(6-18)5-16-7)4-11(15(21)23-12)13(19)17-8(2)14(20)22-3/h4-5,8,18H,6H2,1-3H3,(H,17,19)/t8-/m1/s1. The number of fused-ring (bicyclic) bond motifs is 1. The average molecular weight is 320 g/mol. The number of hydrogen-bond acceptors (Lipinski definition) is 7. The first-order chi connectivity index (χ1) is 10.9. The van der Waals surface area contributed by atoms with Crippen LogP contribution in [0.2, 0.25) is 0 Å². The first-order valence-electron chi connectivity index (χ1n) is 6.81. The van der Waals surface area contributed by atoms with Gasteiger partial charge in [-0.25, -0.2) is 9.59 Å². The number of nitrogens with zero attached hydrogens (tertiary/aromatic N) is 1. The van der Waals surface area contributed by atoms with Gasteiger partial charge in [0.1, 0.15) is 11.6 Å². The molecule has 2 aromatic rings. The van der Waals surface area contributed by atoms with Crippen LogP contribution in [0.3, 0.4) is 0 Å². The van der Waals surface area contributed by atoms with E-state index in [2.05, 4.69) is 15.0 Å². The molecule has 0 unspecified atom stereocenters. The number of methoxy groups -OCH3 is 1. The maximum absolute atomic E-state index is 12.2. The maximum atomic E-state index is 12.2. The quantitative estimate of drug-likeness (QED) is 0.777. The number of rotatable bonds is 4. The lowest BCUT2D eigenvalue weighted by atomic mass is 10.1. The van der Waals surface area contributed by atoms with E-state index in [-0.39, 0.29) is 17.8 Å². The van der Waals surface area contributed by atoms with Crippen molar-refractivity contribution in [3.05, 3.63) is 39.5 Å². The molecule has 0 aliphatic carbocycles. The molecule has 2 N–H and O–H groups in total. The number of aromatic nitrogens is 1. The van der Waals surface area contributed by atoms with Crippen LogP contribution in [0.5, 0.6) is 0 Å². The van der Waals surface area contributed by atoms with Crippen LogP contribution < -0.4 is 10.9 Å². The molecule has 0 aliphatic rings. The monoisotopic (exact) mass is 320 g/mol. The summed E-state index contributed by atoms with van der Waals surface area (Å²) in [5.41, 5.74) is -0.0340. The molecule has 2 heterocycles. The first-order valence-corrected chi connectivity index (χ1v) is 6.81. The summed E-state index contributed by atoms with van der Waals surface area (Å²) in [7, 11) is 1.19. The summed E-state index contributed by atoms with van der Waals surface area (Å²) in [6.45, 7) is 2.75. The SMILES string of the molecule is COC(=O)[C@@H](C)NC(=O)c1cc2c(CO)cnc(C)c2oc1=O. The molecule has 0 bridgehead atoms. The van der Waals surface area contributed by atoms with E-state index in [1.54, 1.807) is 6.92 Å². The van der Waals surface area contributed by atoms with Gasteiger partial charge in [-0.2, -0.15) is 0 Å². The van der Waals surface area contributed by atoms with Gasteiger partial charge in [0.05, 0.1) is 19.4 Å². The van der Waals surface area contributed by atoms with Gasteiger partial charge in [-0.3, -0.25) is 9.78 Å². The average Bonchev–Trinajstić information content (AvgIpc) is 2.54. The number of amides is 1. The fourth-order valence-electron chi connectivity index (χ4n) is 2.08. The molecule has 1 amide bonds. The van der Waals surface area contributed by atoms with Crippen molar-refractivity contribution in [3.8, 4) is 0 Å². The molecule has 1 atom stereocenters. The summed E-state index contributed by atoms with van der Waals surface area (Å²) in [5.74, 6) is -1.41. The minimum Gasteiger partial charge on any atom is -0.467 e. The third-order valence-electron chi connectivity index (χ3n) is 3.35. The second kappa shape index (κ2) is 6.57. The normalized spacial score (nSPS) is 12.0. The number of ether oxygens (including phenoxy) is 1. The molecule has 8 nitrogen and oxygen atoms in total. The van der Waals surface area contributed by atoms with E-state index < -0.39 is 23.5 Å². The van der Waals surface area contributed by atoms with Crippen molar-refractivity contribution in [2.75, 3.05) is 7.11 Å². The number of nitrogens with one attached hydrogen (secondary N) is 1.